The van der Waals surface area contributed by atoms with Crippen LogP contribution in [-0.4, -0.2) is 45.6 Å². The second kappa shape index (κ2) is 6.48. The van der Waals surface area contributed by atoms with Crippen LogP contribution in [0.3, 0.4) is 0 Å². The van der Waals surface area contributed by atoms with Crippen molar-refractivity contribution in [1.82, 2.24) is 9.80 Å². The molecule has 0 radical (unpaired) electrons. The lowest BCUT2D eigenvalue weighted by Gasteiger charge is -2.34. The Morgan fingerprint density at radius 3 is 1.50 bits per heavy atom. The first kappa shape index (κ1) is 18.7. The van der Waals surface area contributed by atoms with Crippen LogP contribution in [0.5, 0.6) is 0 Å². The molecule has 2 aromatic rings. The molecular weight excluding hydrogens is 372 g/mol. The molecule has 0 N–H and O–H groups in total. The third-order valence-electron chi connectivity index (χ3n) is 5.16. The standard InChI is InChI=1S/C22H22N2O3S/c1-11(2)9-23-19(25)13-5-6-15-18-16(8-7-14(17(13)18)20(23)26)22(28)24(21(15)27)10-12(3)4/h5-8,11-12H,9-10H2,1-4H3. The van der Waals surface area contributed by atoms with Crippen LogP contribution in [0.4, 0.5) is 0 Å². The van der Waals surface area contributed by atoms with E-state index in [-0.39, 0.29) is 29.6 Å². The van der Waals surface area contributed by atoms with Gasteiger partial charge in [0.05, 0.1) is 0 Å². The van der Waals surface area contributed by atoms with Crippen molar-refractivity contribution in [1.29, 1.82) is 0 Å². The highest BCUT2D eigenvalue weighted by Gasteiger charge is 2.38. The first-order chi connectivity index (χ1) is 13.2. The highest BCUT2D eigenvalue weighted by molar-refractivity contribution is 7.80. The molecular formula is C22H22N2O3S. The summed E-state index contributed by atoms with van der Waals surface area (Å²) in [6.45, 7) is 8.90. The molecule has 0 unspecified atom stereocenters. The van der Waals surface area contributed by atoms with Gasteiger partial charge in [-0.05, 0) is 30.0 Å². The summed E-state index contributed by atoms with van der Waals surface area (Å²) < 4.78 is 0. The summed E-state index contributed by atoms with van der Waals surface area (Å²) >= 11 is 5.62. The fourth-order valence-corrected chi connectivity index (χ4v) is 4.36. The Hall–Kier alpha value is -2.60. The number of thiocarbonyl (C=S) groups is 1. The number of benzene rings is 2. The number of imide groups is 1. The van der Waals surface area contributed by atoms with Crippen LogP contribution in [0, 0.1) is 11.8 Å². The van der Waals surface area contributed by atoms with E-state index in [4.69, 9.17) is 12.2 Å². The van der Waals surface area contributed by atoms with Gasteiger partial charge in [0.15, 0.2) is 0 Å². The second-order valence-electron chi connectivity index (χ2n) is 8.30. The number of rotatable bonds is 4. The minimum atomic E-state index is -0.308. The van der Waals surface area contributed by atoms with Crippen LogP contribution in [0.15, 0.2) is 24.3 Å². The van der Waals surface area contributed by atoms with Crippen molar-refractivity contribution in [2.75, 3.05) is 13.1 Å². The van der Waals surface area contributed by atoms with Crippen LogP contribution in [0.1, 0.15) is 64.3 Å². The van der Waals surface area contributed by atoms with Gasteiger partial charge in [0, 0.05) is 46.1 Å². The van der Waals surface area contributed by atoms with Crippen molar-refractivity contribution in [3.63, 3.8) is 0 Å². The van der Waals surface area contributed by atoms with E-state index in [1.54, 1.807) is 23.1 Å². The predicted molar refractivity (Wildman–Crippen MR) is 112 cm³/mol. The Morgan fingerprint density at radius 2 is 1.04 bits per heavy atom. The average molecular weight is 394 g/mol. The molecule has 0 bridgehead atoms. The van der Waals surface area contributed by atoms with E-state index in [1.165, 1.54) is 4.90 Å². The van der Waals surface area contributed by atoms with E-state index in [0.29, 0.717) is 45.5 Å². The summed E-state index contributed by atoms with van der Waals surface area (Å²) in [6.07, 6.45) is 0. The van der Waals surface area contributed by atoms with Gasteiger partial charge in [-0.3, -0.25) is 24.2 Å². The van der Waals surface area contributed by atoms with Gasteiger partial charge < -0.3 is 0 Å². The zero-order valence-corrected chi connectivity index (χ0v) is 17.2. The van der Waals surface area contributed by atoms with Gasteiger partial charge in [0.2, 0.25) is 0 Å². The van der Waals surface area contributed by atoms with Crippen molar-refractivity contribution in [3.05, 3.63) is 46.5 Å². The highest BCUT2D eigenvalue weighted by Crippen LogP contribution is 2.38. The maximum absolute atomic E-state index is 13.1. The molecule has 0 aromatic heterocycles. The molecule has 2 aliphatic heterocycles. The Labute approximate surface area is 169 Å². The van der Waals surface area contributed by atoms with Crippen LogP contribution in [-0.2, 0) is 0 Å². The number of carbonyl (C=O) groups excluding carboxylic acids is 3. The van der Waals surface area contributed by atoms with E-state index < -0.39 is 0 Å². The molecule has 2 heterocycles. The summed E-state index contributed by atoms with van der Waals surface area (Å²) in [5.74, 6) is -0.347. The highest BCUT2D eigenvalue weighted by atomic mass is 32.1. The summed E-state index contributed by atoms with van der Waals surface area (Å²) in [6, 6.07) is 6.92. The molecule has 0 atom stereocenters. The first-order valence-corrected chi connectivity index (χ1v) is 9.95. The Balaban J connectivity index is 1.96. The quantitative estimate of drug-likeness (QED) is 0.583. The summed E-state index contributed by atoms with van der Waals surface area (Å²) in [5.41, 5.74) is 2.17. The Bertz CT molecular complexity index is 916. The van der Waals surface area contributed by atoms with Gasteiger partial charge in [-0.15, -0.1) is 0 Å². The van der Waals surface area contributed by atoms with Gasteiger partial charge >= 0.3 is 0 Å². The molecule has 2 aromatic carbocycles. The van der Waals surface area contributed by atoms with Crippen LogP contribution in [0.25, 0.3) is 10.8 Å². The molecule has 3 amide bonds. The van der Waals surface area contributed by atoms with Crippen molar-refractivity contribution in [3.8, 4) is 0 Å². The molecule has 144 valence electrons. The molecule has 5 nitrogen and oxygen atoms in total. The third-order valence-corrected chi connectivity index (χ3v) is 5.60. The molecule has 0 spiro atoms. The number of hydrogen-bond donors (Lipinski definition) is 0. The fourth-order valence-electron chi connectivity index (χ4n) is 4.04. The monoisotopic (exact) mass is 394 g/mol. The maximum Gasteiger partial charge on any atom is 0.261 e. The van der Waals surface area contributed by atoms with Crippen molar-refractivity contribution >= 4 is 45.7 Å². The third kappa shape index (κ3) is 2.58. The SMILES string of the molecule is CC(C)CN1C(=O)c2ccc3c4c(ccc(c24)C1=O)C(=S)N(CC(C)C)C3=O. The molecule has 0 saturated heterocycles. The molecule has 0 saturated carbocycles. The average Bonchev–Trinajstić information content (AvgIpc) is 2.64. The lowest BCUT2D eigenvalue weighted by molar-refractivity contribution is 0.0591. The minimum Gasteiger partial charge on any atom is -0.298 e. The maximum atomic E-state index is 13.1. The van der Waals surface area contributed by atoms with Gasteiger partial charge in [-0.25, -0.2) is 0 Å². The zero-order chi connectivity index (χ0) is 20.3. The van der Waals surface area contributed by atoms with Crippen molar-refractivity contribution in [2.24, 2.45) is 11.8 Å². The molecule has 6 heteroatoms. The number of nitrogens with zero attached hydrogens (tertiary/aromatic N) is 2. The van der Waals surface area contributed by atoms with Gasteiger partial charge in [0.25, 0.3) is 17.7 Å². The zero-order valence-electron chi connectivity index (χ0n) is 16.4. The van der Waals surface area contributed by atoms with Crippen LogP contribution in [0.2, 0.25) is 0 Å². The molecule has 4 rings (SSSR count). The molecule has 0 fully saturated rings. The summed E-state index contributed by atoms with van der Waals surface area (Å²) in [5, 5.41) is 1.20. The van der Waals surface area contributed by atoms with Crippen LogP contribution < -0.4 is 0 Å². The van der Waals surface area contributed by atoms with Gasteiger partial charge in [0.1, 0.15) is 4.99 Å². The van der Waals surface area contributed by atoms with E-state index in [2.05, 4.69) is 0 Å². The van der Waals surface area contributed by atoms with E-state index in [9.17, 15) is 14.4 Å². The summed E-state index contributed by atoms with van der Waals surface area (Å²) in [7, 11) is 0. The van der Waals surface area contributed by atoms with Crippen molar-refractivity contribution in [2.45, 2.75) is 27.7 Å². The normalized spacial score (nSPS) is 16.2. The summed E-state index contributed by atoms with van der Waals surface area (Å²) in [4.78, 5) is 42.5. The predicted octanol–water partition coefficient (Wildman–Crippen LogP) is 3.88. The topological polar surface area (TPSA) is 57.7 Å². The molecule has 28 heavy (non-hydrogen) atoms. The Morgan fingerprint density at radius 1 is 0.679 bits per heavy atom. The number of hydrogen-bond acceptors (Lipinski definition) is 4. The fraction of sp³-hybridized carbons (Fsp3) is 0.364. The van der Waals surface area contributed by atoms with Gasteiger partial charge in [-0.1, -0.05) is 46.0 Å². The van der Waals surface area contributed by atoms with Crippen LogP contribution >= 0.6 is 12.2 Å². The number of carbonyl (C=O) groups is 3. The Kier molecular flexibility index (Phi) is 4.34. The van der Waals surface area contributed by atoms with Crippen molar-refractivity contribution < 1.29 is 14.4 Å². The molecule has 0 aliphatic carbocycles. The van der Waals surface area contributed by atoms with E-state index >= 15 is 0 Å². The number of amides is 3. The second-order valence-corrected chi connectivity index (χ2v) is 8.69. The molecule has 2 aliphatic rings. The largest absolute Gasteiger partial charge is 0.298 e. The van der Waals surface area contributed by atoms with E-state index in [1.807, 2.05) is 33.8 Å². The first-order valence-electron chi connectivity index (χ1n) is 9.54. The smallest absolute Gasteiger partial charge is 0.261 e. The van der Waals surface area contributed by atoms with Gasteiger partial charge in [-0.2, -0.15) is 0 Å². The minimum absolute atomic E-state index is 0.167. The van der Waals surface area contributed by atoms with E-state index in [0.717, 1.165) is 5.56 Å². The lowest BCUT2D eigenvalue weighted by atomic mass is 9.86. The lowest BCUT2D eigenvalue weighted by Crippen LogP contribution is -2.44.